The van der Waals surface area contributed by atoms with E-state index in [0.29, 0.717) is 5.92 Å². The Morgan fingerprint density at radius 3 is 2.55 bits per heavy atom. The highest BCUT2D eigenvalue weighted by Gasteiger charge is 2.34. The molecule has 0 aliphatic heterocycles. The molecular weight excluding hydrogens is 138 g/mol. The smallest absolute Gasteiger partial charge is 0.220 e. The first kappa shape index (κ1) is 8.57. The van der Waals surface area contributed by atoms with Gasteiger partial charge in [-0.1, -0.05) is 6.92 Å². The van der Waals surface area contributed by atoms with E-state index in [2.05, 4.69) is 12.2 Å². The number of amides is 1. The van der Waals surface area contributed by atoms with Gasteiger partial charge in [0.25, 0.3) is 0 Å². The molecule has 1 aliphatic carbocycles. The molecule has 2 unspecified atom stereocenters. The maximum absolute atomic E-state index is 11.1. The topological polar surface area (TPSA) is 29.1 Å². The molecule has 0 saturated heterocycles. The van der Waals surface area contributed by atoms with Gasteiger partial charge in [0.1, 0.15) is 0 Å². The molecule has 0 spiro atoms. The predicted octanol–water partition coefficient (Wildman–Crippen LogP) is 1.56. The van der Waals surface area contributed by atoms with Crippen LogP contribution in [0.5, 0.6) is 0 Å². The van der Waals surface area contributed by atoms with Crippen molar-refractivity contribution in [3.05, 3.63) is 0 Å². The average Bonchev–Trinajstić information content (AvgIpc) is 2.43. The van der Waals surface area contributed by atoms with Gasteiger partial charge in [-0.2, -0.15) is 0 Å². The highest BCUT2D eigenvalue weighted by Crippen LogP contribution is 2.40. The molecular formula is C9H17NO. The van der Waals surface area contributed by atoms with Crippen LogP contribution in [-0.2, 0) is 4.79 Å². The maximum Gasteiger partial charge on any atom is 0.220 e. The van der Waals surface area contributed by atoms with E-state index in [4.69, 9.17) is 0 Å². The summed E-state index contributed by atoms with van der Waals surface area (Å²) in [6.45, 7) is 6.19. The standard InChI is InChI=1S/C9H17NO/c1-6(2)10-9(11)5-8-4-7(8)3/h6-8H,4-5H2,1-3H3,(H,10,11). The van der Waals surface area contributed by atoms with Gasteiger partial charge >= 0.3 is 0 Å². The Labute approximate surface area is 68.4 Å². The van der Waals surface area contributed by atoms with Crippen molar-refractivity contribution in [3.63, 3.8) is 0 Å². The second kappa shape index (κ2) is 3.24. The average molecular weight is 155 g/mol. The van der Waals surface area contributed by atoms with E-state index in [1.165, 1.54) is 6.42 Å². The minimum atomic E-state index is 0.217. The Bertz CT molecular complexity index is 154. The Morgan fingerprint density at radius 2 is 2.18 bits per heavy atom. The van der Waals surface area contributed by atoms with Gasteiger partial charge < -0.3 is 5.32 Å². The molecule has 2 atom stereocenters. The molecule has 0 heterocycles. The zero-order valence-corrected chi connectivity index (χ0v) is 7.55. The maximum atomic E-state index is 11.1. The molecule has 11 heavy (non-hydrogen) atoms. The van der Waals surface area contributed by atoms with Crippen molar-refractivity contribution in [2.45, 2.75) is 39.7 Å². The Kier molecular flexibility index (Phi) is 2.53. The van der Waals surface area contributed by atoms with Gasteiger partial charge in [0.15, 0.2) is 0 Å². The molecule has 1 N–H and O–H groups in total. The second-order valence-electron chi connectivity index (χ2n) is 3.90. The summed E-state index contributed by atoms with van der Waals surface area (Å²) in [5.74, 6) is 1.68. The van der Waals surface area contributed by atoms with Gasteiger partial charge in [-0.25, -0.2) is 0 Å². The molecule has 0 bridgehead atoms. The van der Waals surface area contributed by atoms with Crippen LogP contribution in [0.2, 0.25) is 0 Å². The van der Waals surface area contributed by atoms with Crippen LogP contribution in [0.15, 0.2) is 0 Å². The van der Waals surface area contributed by atoms with Gasteiger partial charge in [-0.05, 0) is 32.1 Å². The largest absolute Gasteiger partial charge is 0.354 e. The lowest BCUT2D eigenvalue weighted by molar-refractivity contribution is -0.121. The summed E-state index contributed by atoms with van der Waals surface area (Å²) < 4.78 is 0. The van der Waals surface area contributed by atoms with Crippen LogP contribution in [0.4, 0.5) is 0 Å². The lowest BCUT2D eigenvalue weighted by atomic mass is 10.2. The van der Waals surface area contributed by atoms with E-state index >= 15 is 0 Å². The van der Waals surface area contributed by atoms with Crippen LogP contribution in [-0.4, -0.2) is 11.9 Å². The second-order valence-corrected chi connectivity index (χ2v) is 3.90. The molecule has 64 valence electrons. The van der Waals surface area contributed by atoms with Crippen molar-refractivity contribution in [3.8, 4) is 0 Å². The predicted molar refractivity (Wildman–Crippen MR) is 45.2 cm³/mol. The van der Waals surface area contributed by atoms with E-state index in [9.17, 15) is 4.79 Å². The van der Waals surface area contributed by atoms with Gasteiger partial charge in [-0.3, -0.25) is 4.79 Å². The van der Waals surface area contributed by atoms with Gasteiger partial charge in [0, 0.05) is 12.5 Å². The lowest BCUT2D eigenvalue weighted by Crippen LogP contribution is -2.30. The van der Waals surface area contributed by atoms with E-state index in [1.807, 2.05) is 13.8 Å². The van der Waals surface area contributed by atoms with Crippen molar-refractivity contribution >= 4 is 5.91 Å². The summed E-state index contributed by atoms with van der Waals surface area (Å²) in [7, 11) is 0. The summed E-state index contributed by atoms with van der Waals surface area (Å²) in [4.78, 5) is 11.1. The Balaban J connectivity index is 2.11. The summed E-state index contributed by atoms with van der Waals surface area (Å²) in [6.07, 6.45) is 1.98. The number of nitrogens with one attached hydrogen (secondary N) is 1. The summed E-state index contributed by atoms with van der Waals surface area (Å²) in [6, 6.07) is 0.288. The van der Waals surface area contributed by atoms with Crippen LogP contribution in [0.1, 0.15) is 33.6 Å². The van der Waals surface area contributed by atoms with Crippen LogP contribution in [0, 0.1) is 11.8 Å². The quantitative estimate of drug-likeness (QED) is 0.658. The van der Waals surface area contributed by atoms with Gasteiger partial charge in [-0.15, -0.1) is 0 Å². The SMILES string of the molecule is CC(C)NC(=O)CC1CC1C. The molecule has 0 aromatic carbocycles. The molecule has 1 aliphatic rings. The summed E-state index contributed by atoms with van der Waals surface area (Å²) in [5.41, 5.74) is 0. The number of rotatable bonds is 3. The van der Waals surface area contributed by atoms with Crippen molar-refractivity contribution in [2.75, 3.05) is 0 Å². The first-order chi connectivity index (χ1) is 5.09. The third kappa shape index (κ3) is 2.91. The molecule has 0 aromatic heterocycles. The summed E-state index contributed by atoms with van der Waals surface area (Å²) in [5, 5.41) is 2.90. The first-order valence-electron chi connectivity index (χ1n) is 4.39. The zero-order chi connectivity index (χ0) is 8.43. The number of carbonyl (C=O) groups is 1. The Morgan fingerprint density at radius 1 is 1.64 bits per heavy atom. The molecule has 0 aromatic rings. The van der Waals surface area contributed by atoms with Crippen molar-refractivity contribution in [1.82, 2.24) is 5.32 Å². The lowest BCUT2D eigenvalue weighted by Gasteiger charge is -2.06. The van der Waals surface area contributed by atoms with E-state index in [1.54, 1.807) is 0 Å². The number of hydrogen-bond donors (Lipinski definition) is 1. The zero-order valence-electron chi connectivity index (χ0n) is 7.55. The third-order valence-corrected chi connectivity index (χ3v) is 2.17. The van der Waals surface area contributed by atoms with E-state index < -0.39 is 0 Å². The molecule has 1 saturated carbocycles. The highest BCUT2D eigenvalue weighted by molar-refractivity contribution is 5.76. The monoisotopic (exact) mass is 155 g/mol. The van der Waals surface area contributed by atoms with Crippen LogP contribution < -0.4 is 5.32 Å². The van der Waals surface area contributed by atoms with E-state index in [0.717, 1.165) is 12.3 Å². The van der Waals surface area contributed by atoms with Crippen molar-refractivity contribution in [2.24, 2.45) is 11.8 Å². The number of hydrogen-bond acceptors (Lipinski definition) is 1. The third-order valence-electron chi connectivity index (χ3n) is 2.17. The normalized spacial score (nSPS) is 28.7. The van der Waals surface area contributed by atoms with Crippen molar-refractivity contribution in [1.29, 1.82) is 0 Å². The molecule has 1 amide bonds. The van der Waals surface area contributed by atoms with Crippen LogP contribution >= 0.6 is 0 Å². The minimum Gasteiger partial charge on any atom is -0.354 e. The van der Waals surface area contributed by atoms with Crippen molar-refractivity contribution < 1.29 is 4.79 Å². The van der Waals surface area contributed by atoms with Crippen LogP contribution in [0.25, 0.3) is 0 Å². The molecule has 1 rings (SSSR count). The fraction of sp³-hybridized carbons (Fsp3) is 0.889. The molecule has 2 nitrogen and oxygen atoms in total. The fourth-order valence-electron chi connectivity index (χ4n) is 1.30. The minimum absolute atomic E-state index is 0.217. The molecule has 0 radical (unpaired) electrons. The number of carbonyl (C=O) groups excluding carboxylic acids is 1. The van der Waals surface area contributed by atoms with Crippen LogP contribution in [0.3, 0.4) is 0 Å². The van der Waals surface area contributed by atoms with E-state index in [-0.39, 0.29) is 11.9 Å². The fourth-order valence-corrected chi connectivity index (χ4v) is 1.30. The van der Waals surface area contributed by atoms with Gasteiger partial charge in [0.2, 0.25) is 5.91 Å². The molecule has 2 heteroatoms. The Hall–Kier alpha value is -0.530. The first-order valence-corrected chi connectivity index (χ1v) is 4.39. The summed E-state index contributed by atoms with van der Waals surface area (Å²) >= 11 is 0. The van der Waals surface area contributed by atoms with Gasteiger partial charge in [0.05, 0.1) is 0 Å². The molecule has 1 fully saturated rings. The highest BCUT2D eigenvalue weighted by atomic mass is 16.1.